The van der Waals surface area contributed by atoms with Crippen LogP contribution in [0.4, 0.5) is 0 Å². The van der Waals surface area contributed by atoms with E-state index in [1.54, 1.807) is 6.08 Å². The van der Waals surface area contributed by atoms with E-state index in [0.29, 0.717) is 12.8 Å². The number of aliphatic hydroxyl groups is 8. The highest BCUT2D eigenvalue weighted by Gasteiger charge is 2.51. The van der Waals surface area contributed by atoms with Crippen molar-refractivity contribution in [2.45, 2.75) is 364 Å². The molecule has 0 aliphatic carbocycles. The van der Waals surface area contributed by atoms with Crippen molar-refractivity contribution in [2.24, 2.45) is 0 Å². The Balaban J connectivity index is 1.72. The Morgan fingerprint density at radius 1 is 0.424 bits per heavy atom. The summed E-state index contributed by atoms with van der Waals surface area (Å²) in [6.45, 7) is 2.80. The molecule has 0 spiro atoms. The highest BCUT2D eigenvalue weighted by Crippen LogP contribution is 2.30. The van der Waals surface area contributed by atoms with Crippen LogP contribution in [-0.4, -0.2) is 140 Å². The number of unbranched alkanes of at least 4 members (excludes halogenated alkanes) is 36. The third kappa shape index (κ3) is 40.1. The molecule has 0 saturated carbocycles. The molecule has 2 aliphatic rings. The number of nitrogens with one attached hydrogen (secondary N) is 1. The van der Waals surface area contributed by atoms with Crippen LogP contribution in [0.5, 0.6) is 0 Å². The van der Waals surface area contributed by atoms with Gasteiger partial charge in [-0.1, -0.05) is 267 Å². The molecule has 2 heterocycles. The number of ether oxygens (including phenoxy) is 4. The smallest absolute Gasteiger partial charge is 0.220 e. The molecule has 2 aliphatic heterocycles. The first-order valence-corrected chi connectivity index (χ1v) is 35.0. The molecular weight excluding hydrogens is 1070 g/mol. The molecule has 2 saturated heterocycles. The summed E-state index contributed by atoms with van der Waals surface area (Å²) in [5, 5.41) is 87.4. The van der Waals surface area contributed by atoms with Crippen molar-refractivity contribution in [1.82, 2.24) is 5.32 Å². The molecule has 0 radical (unpaired) electrons. The molecule has 0 aromatic heterocycles. The van der Waals surface area contributed by atoms with Crippen LogP contribution in [0.15, 0.2) is 60.8 Å². The highest BCUT2D eigenvalue weighted by molar-refractivity contribution is 5.76. The molecule has 0 aromatic carbocycles. The lowest BCUT2D eigenvalue weighted by molar-refractivity contribution is -0.359. The Hall–Kier alpha value is -2.31. The van der Waals surface area contributed by atoms with Crippen molar-refractivity contribution in [3.63, 3.8) is 0 Å². The number of aliphatic hydroxyl groups excluding tert-OH is 8. The summed E-state index contributed by atoms with van der Waals surface area (Å²) in [5.41, 5.74) is 0. The zero-order valence-corrected chi connectivity index (χ0v) is 53.8. The van der Waals surface area contributed by atoms with Crippen molar-refractivity contribution < 1.29 is 64.6 Å². The number of carbonyl (C=O) groups is 1. The molecule has 2 rings (SSSR count). The molecule has 12 unspecified atom stereocenters. The van der Waals surface area contributed by atoms with Gasteiger partial charge in [-0.2, -0.15) is 0 Å². The first-order valence-electron chi connectivity index (χ1n) is 35.0. The summed E-state index contributed by atoms with van der Waals surface area (Å²) >= 11 is 0. The molecule has 14 heteroatoms. The van der Waals surface area contributed by atoms with Crippen LogP contribution in [0.3, 0.4) is 0 Å². The monoisotopic (exact) mass is 1200 g/mol. The van der Waals surface area contributed by atoms with E-state index in [1.165, 1.54) is 205 Å². The molecule has 0 bridgehead atoms. The summed E-state index contributed by atoms with van der Waals surface area (Å²) in [6.07, 6.45) is 57.0. The van der Waals surface area contributed by atoms with Gasteiger partial charge in [-0.15, -0.1) is 0 Å². The van der Waals surface area contributed by atoms with Gasteiger partial charge in [0.1, 0.15) is 48.8 Å². The first kappa shape index (κ1) is 78.8. The van der Waals surface area contributed by atoms with Crippen LogP contribution in [0.2, 0.25) is 0 Å². The maximum absolute atomic E-state index is 13.3. The fourth-order valence-electron chi connectivity index (χ4n) is 11.3. The molecule has 14 nitrogen and oxygen atoms in total. The van der Waals surface area contributed by atoms with Crippen LogP contribution in [-0.2, 0) is 23.7 Å². The minimum Gasteiger partial charge on any atom is -0.394 e. The van der Waals surface area contributed by atoms with Gasteiger partial charge in [-0.05, 0) is 77.0 Å². The van der Waals surface area contributed by atoms with Gasteiger partial charge in [-0.3, -0.25) is 4.79 Å². The topological polar surface area (TPSA) is 228 Å². The average molecular weight is 1200 g/mol. The zero-order valence-electron chi connectivity index (χ0n) is 53.8. The van der Waals surface area contributed by atoms with Crippen LogP contribution < -0.4 is 5.32 Å². The second-order valence-electron chi connectivity index (χ2n) is 24.6. The van der Waals surface area contributed by atoms with E-state index in [0.717, 1.165) is 51.4 Å². The second kappa shape index (κ2) is 55.7. The number of amides is 1. The minimum atomic E-state index is -1.79. The largest absolute Gasteiger partial charge is 0.394 e. The van der Waals surface area contributed by atoms with Crippen LogP contribution >= 0.6 is 0 Å². The lowest BCUT2D eigenvalue weighted by atomic mass is 9.97. The quantitative estimate of drug-likeness (QED) is 0.0204. The molecule has 496 valence electrons. The summed E-state index contributed by atoms with van der Waals surface area (Å²) in [6, 6.07) is -0.942. The zero-order chi connectivity index (χ0) is 61.6. The van der Waals surface area contributed by atoms with Crippen LogP contribution in [0.25, 0.3) is 0 Å². The molecule has 9 N–H and O–H groups in total. The minimum absolute atomic E-state index is 0.252. The summed E-state index contributed by atoms with van der Waals surface area (Å²) in [4.78, 5) is 13.3. The number of hydrogen-bond acceptors (Lipinski definition) is 13. The van der Waals surface area contributed by atoms with E-state index in [-0.39, 0.29) is 18.9 Å². The van der Waals surface area contributed by atoms with Crippen molar-refractivity contribution >= 4 is 5.91 Å². The highest BCUT2D eigenvalue weighted by atomic mass is 16.7. The van der Waals surface area contributed by atoms with Gasteiger partial charge in [0.05, 0.1) is 32.0 Å². The Labute approximate surface area is 517 Å². The van der Waals surface area contributed by atoms with Crippen molar-refractivity contribution in [2.75, 3.05) is 19.8 Å². The molecule has 2 fully saturated rings. The van der Waals surface area contributed by atoms with E-state index in [9.17, 15) is 45.6 Å². The summed E-state index contributed by atoms with van der Waals surface area (Å²) in [7, 11) is 0. The van der Waals surface area contributed by atoms with Gasteiger partial charge in [0.25, 0.3) is 0 Å². The van der Waals surface area contributed by atoms with Crippen LogP contribution in [0, 0.1) is 0 Å². The van der Waals surface area contributed by atoms with Crippen LogP contribution in [0.1, 0.15) is 290 Å². The predicted octanol–water partition coefficient (Wildman–Crippen LogP) is 14.1. The molecular formula is C71H129NO13. The molecule has 85 heavy (non-hydrogen) atoms. The van der Waals surface area contributed by atoms with Gasteiger partial charge >= 0.3 is 0 Å². The van der Waals surface area contributed by atoms with Gasteiger partial charge in [0, 0.05) is 6.42 Å². The second-order valence-corrected chi connectivity index (χ2v) is 24.6. The lowest BCUT2D eigenvalue weighted by Gasteiger charge is -2.46. The molecule has 12 atom stereocenters. The number of hydrogen-bond donors (Lipinski definition) is 9. The number of carbonyl (C=O) groups excluding carboxylic acids is 1. The Morgan fingerprint density at radius 2 is 0.788 bits per heavy atom. The molecule has 0 aromatic rings. The third-order valence-electron chi connectivity index (χ3n) is 16.9. The van der Waals surface area contributed by atoms with Crippen molar-refractivity contribution in [3.8, 4) is 0 Å². The fourth-order valence-corrected chi connectivity index (χ4v) is 11.3. The number of allylic oxidation sites excluding steroid dienone is 9. The average Bonchev–Trinajstić information content (AvgIpc) is 3.29. The summed E-state index contributed by atoms with van der Waals surface area (Å²) in [5.74, 6) is -0.252. The van der Waals surface area contributed by atoms with E-state index >= 15 is 0 Å². The lowest BCUT2D eigenvalue weighted by Crippen LogP contribution is -2.65. The summed E-state index contributed by atoms with van der Waals surface area (Å²) < 4.78 is 22.8. The van der Waals surface area contributed by atoms with Gasteiger partial charge in [0.2, 0.25) is 5.91 Å². The third-order valence-corrected chi connectivity index (χ3v) is 16.9. The standard InChI is InChI=1S/C71H129NO13/c1-3-5-7-9-11-13-15-17-19-21-23-25-27-29-31-32-34-36-38-40-42-44-46-48-50-52-54-60(75)59(58-82-70-68(81)66(79)69(62(57-74)84-70)85-71-67(80)65(78)64(77)61(56-73)83-71)72-63(76)55-53-51-49-47-45-43-41-39-37-35-33-30-28-26-24-22-20-18-16-14-12-10-8-6-4-2/h16,18,22,24,36,38,44,46,52,54,59-62,64-71,73-75,77-81H,3-15,17,19-21,23,25-35,37,39-43,45,47-51,53,55-58H2,1-2H3,(H,72,76)/b18-16-,24-22-,38-36+,46-44+,54-52+. The number of rotatable bonds is 57. The van der Waals surface area contributed by atoms with Gasteiger partial charge in [-0.25, -0.2) is 0 Å². The first-order chi connectivity index (χ1) is 41.6. The Kier molecular flexibility index (Phi) is 51.7. The maximum atomic E-state index is 13.3. The van der Waals surface area contributed by atoms with E-state index < -0.39 is 86.8 Å². The molecule has 1 amide bonds. The maximum Gasteiger partial charge on any atom is 0.220 e. The Morgan fingerprint density at radius 3 is 1.22 bits per heavy atom. The SMILES string of the molecule is CCCCCCC/C=C\C/C=C\CCCCCCCCCCCCCCCC(=O)NC(COC1OC(CO)C(OC2OC(CO)C(O)C(O)C2O)C(O)C1O)C(O)/C=C/CC/C=C/CC/C=C/CCCCCCCCCCCCCCCCCC. The van der Waals surface area contributed by atoms with E-state index in [2.05, 4.69) is 67.8 Å². The normalized spacial score (nSPS) is 23.9. The van der Waals surface area contributed by atoms with Gasteiger partial charge in [0.15, 0.2) is 12.6 Å². The van der Waals surface area contributed by atoms with E-state index in [1.807, 2.05) is 6.08 Å². The van der Waals surface area contributed by atoms with Gasteiger partial charge < -0.3 is 65.1 Å². The van der Waals surface area contributed by atoms with E-state index in [4.69, 9.17) is 18.9 Å². The Bertz CT molecular complexity index is 1660. The predicted molar refractivity (Wildman–Crippen MR) is 346 cm³/mol. The van der Waals surface area contributed by atoms with Crippen molar-refractivity contribution in [3.05, 3.63) is 60.8 Å². The van der Waals surface area contributed by atoms with Crippen molar-refractivity contribution in [1.29, 1.82) is 0 Å². The fraction of sp³-hybridized carbons (Fsp3) is 0.845.